The second-order valence-corrected chi connectivity index (χ2v) is 15.6. The Hall–Kier alpha value is -1.43. The van der Waals surface area contributed by atoms with Crippen molar-refractivity contribution >= 4 is 5.91 Å². The van der Waals surface area contributed by atoms with Crippen LogP contribution in [0.25, 0.3) is 0 Å². The molecule has 0 aromatic rings. The Morgan fingerprint density at radius 1 is 0.462 bits per heavy atom. The van der Waals surface area contributed by atoms with Gasteiger partial charge in [0.05, 0.1) is 18.8 Å². The molecule has 4 N–H and O–H groups in total. The fourth-order valence-electron chi connectivity index (χ4n) is 6.84. The lowest BCUT2D eigenvalue weighted by molar-refractivity contribution is -0.131. The predicted octanol–water partition coefficient (Wildman–Crippen LogP) is 13.2. The molecular formula is C47H89NO4. The summed E-state index contributed by atoms with van der Waals surface area (Å²) in [6.45, 7) is 4.17. The molecule has 0 rings (SSSR count). The molecule has 306 valence electrons. The van der Waals surface area contributed by atoms with E-state index >= 15 is 0 Å². The lowest BCUT2D eigenvalue weighted by Gasteiger charge is -2.21. The first-order valence-electron chi connectivity index (χ1n) is 22.8. The van der Waals surface area contributed by atoms with Crippen molar-refractivity contribution in [1.29, 1.82) is 0 Å². The molecule has 3 atom stereocenters. The zero-order chi connectivity index (χ0) is 38.0. The maximum Gasteiger partial charge on any atom is 0.249 e. The molecule has 0 saturated heterocycles. The van der Waals surface area contributed by atoms with Crippen molar-refractivity contribution in [2.24, 2.45) is 0 Å². The summed E-state index contributed by atoms with van der Waals surface area (Å²) in [4.78, 5) is 12.5. The van der Waals surface area contributed by atoms with Crippen LogP contribution >= 0.6 is 0 Å². The molecule has 3 unspecified atom stereocenters. The highest BCUT2D eigenvalue weighted by atomic mass is 16.3. The van der Waals surface area contributed by atoms with Crippen LogP contribution in [0.4, 0.5) is 0 Å². The summed E-state index contributed by atoms with van der Waals surface area (Å²) < 4.78 is 0. The summed E-state index contributed by atoms with van der Waals surface area (Å²) in [6, 6.07) is -0.816. The van der Waals surface area contributed by atoms with Crippen LogP contribution in [-0.4, -0.2) is 46.1 Å². The molecule has 0 aliphatic heterocycles. The quantitative estimate of drug-likeness (QED) is 0.0372. The standard InChI is InChI=1S/C47H89NO4/c1-3-5-7-9-11-13-15-17-19-21-22-23-24-26-28-30-32-34-36-38-40-42-46(51)47(52)48-44(43-49)45(50)41-39-37-35-33-31-29-27-25-20-18-16-14-12-10-8-6-4-2/h24,26,31,33,39,41,44-46,49-51H,3-23,25,27-30,32,34-38,40,42-43H2,1-2H3,(H,48,52)/b26-24-,33-31+,41-39+. The Kier molecular flexibility index (Phi) is 41.1. The Balaban J connectivity index is 3.70. The van der Waals surface area contributed by atoms with E-state index in [0.29, 0.717) is 6.42 Å². The minimum Gasteiger partial charge on any atom is -0.394 e. The molecule has 5 heteroatoms. The third kappa shape index (κ3) is 36.9. The van der Waals surface area contributed by atoms with Crippen LogP contribution in [0.3, 0.4) is 0 Å². The van der Waals surface area contributed by atoms with Gasteiger partial charge in [-0.1, -0.05) is 211 Å². The average Bonchev–Trinajstić information content (AvgIpc) is 3.15. The minimum absolute atomic E-state index is 0.378. The van der Waals surface area contributed by atoms with E-state index < -0.39 is 24.2 Å². The van der Waals surface area contributed by atoms with Gasteiger partial charge in [-0.15, -0.1) is 0 Å². The fourth-order valence-corrected chi connectivity index (χ4v) is 6.84. The van der Waals surface area contributed by atoms with E-state index in [2.05, 4.69) is 43.5 Å². The lowest BCUT2D eigenvalue weighted by atomic mass is 10.0. The molecular weight excluding hydrogens is 643 g/mol. The highest BCUT2D eigenvalue weighted by Gasteiger charge is 2.22. The van der Waals surface area contributed by atoms with Crippen LogP contribution in [-0.2, 0) is 4.79 Å². The summed E-state index contributed by atoms with van der Waals surface area (Å²) in [6.07, 6.45) is 53.2. The van der Waals surface area contributed by atoms with E-state index in [9.17, 15) is 20.1 Å². The van der Waals surface area contributed by atoms with Gasteiger partial charge in [-0.05, 0) is 57.8 Å². The lowest BCUT2D eigenvalue weighted by Crippen LogP contribution is -2.48. The predicted molar refractivity (Wildman–Crippen MR) is 227 cm³/mol. The van der Waals surface area contributed by atoms with E-state index in [0.717, 1.165) is 38.5 Å². The summed E-state index contributed by atoms with van der Waals surface area (Å²) in [5.41, 5.74) is 0. The Morgan fingerprint density at radius 2 is 0.788 bits per heavy atom. The number of unbranched alkanes of at least 4 members (excludes halogenated alkanes) is 29. The number of aliphatic hydroxyl groups is 3. The van der Waals surface area contributed by atoms with Gasteiger partial charge in [-0.3, -0.25) is 4.79 Å². The van der Waals surface area contributed by atoms with Crippen molar-refractivity contribution in [1.82, 2.24) is 5.32 Å². The second-order valence-electron chi connectivity index (χ2n) is 15.6. The molecule has 0 radical (unpaired) electrons. The number of hydrogen-bond acceptors (Lipinski definition) is 4. The van der Waals surface area contributed by atoms with Crippen LogP contribution in [0.1, 0.15) is 232 Å². The molecule has 0 spiro atoms. The van der Waals surface area contributed by atoms with E-state index in [1.54, 1.807) is 6.08 Å². The Bertz CT molecular complexity index is 809. The van der Waals surface area contributed by atoms with Crippen LogP contribution < -0.4 is 5.32 Å². The molecule has 0 bridgehead atoms. The van der Waals surface area contributed by atoms with Gasteiger partial charge in [0.15, 0.2) is 0 Å². The number of amides is 1. The van der Waals surface area contributed by atoms with Gasteiger partial charge in [-0.25, -0.2) is 0 Å². The molecule has 0 aromatic carbocycles. The minimum atomic E-state index is -1.11. The second kappa shape index (κ2) is 42.3. The first kappa shape index (κ1) is 50.6. The normalized spacial score (nSPS) is 13.9. The summed E-state index contributed by atoms with van der Waals surface area (Å²) in [5.74, 6) is -0.517. The summed E-state index contributed by atoms with van der Waals surface area (Å²) >= 11 is 0. The van der Waals surface area contributed by atoms with Crippen molar-refractivity contribution in [2.75, 3.05) is 6.61 Å². The van der Waals surface area contributed by atoms with E-state index in [1.807, 2.05) is 6.08 Å². The molecule has 0 fully saturated rings. The van der Waals surface area contributed by atoms with E-state index in [-0.39, 0.29) is 6.61 Å². The van der Waals surface area contributed by atoms with Gasteiger partial charge in [0, 0.05) is 0 Å². The van der Waals surface area contributed by atoms with Crippen molar-refractivity contribution in [3.05, 3.63) is 36.5 Å². The largest absolute Gasteiger partial charge is 0.394 e. The molecule has 5 nitrogen and oxygen atoms in total. The average molecular weight is 732 g/mol. The fraction of sp³-hybridized carbons (Fsp3) is 0.851. The molecule has 0 aliphatic rings. The smallest absolute Gasteiger partial charge is 0.249 e. The van der Waals surface area contributed by atoms with Crippen LogP contribution in [0.2, 0.25) is 0 Å². The number of rotatable bonds is 41. The molecule has 0 aromatic heterocycles. The number of allylic oxidation sites excluding steroid dienone is 5. The highest BCUT2D eigenvalue weighted by molar-refractivity contribution is 5.80. The molecule has 0 saturated carbocycles. The van der Waals surface area contributed by atoms with Crippen LogP contribution in [0.15, 0.2) is 36.5 Å². The Morgan fingerprint density at radius 3 is 1.17 bits per heavy atom. The summed E-state index contributed by atoms with van der Waals surface area (Å²) in [7, 11) is 0. The van der Waals surface area contributed by atoms with Gasteiger partial charge in [-0.2, -0.15) is 0 Å². The van der Waals surface area contributed by atoms with Gasteiger partial charge in [0.1, 0.15) is 6.10 Å². The Labute approximate surface area is 324 Å². The van der Waals surface area contributed by atoms with Crippen molar-refractivity contribution in [3.63, 3.8) is 0 Å². The van der Waals surface area contributed by atoms with Crippen LogP contribution in [0, 0.1) is 0 Å². The number of aliphatic hydroxyl groups excluding tert-OH is 3. The number of hydrogen-bond donors (Lipinski definition) is 4. The maximum absolute atomic E-state index is 12.5. The zero-order valence-electron chi connectivity index (χ0n) is 34.7. The molecule has 52 heavy (non-hydrogen) atoms. The summed E-state index contributed by atoms with van der Waals surface area (Å²) in [5, 5.41) is 33.1. The SMILES string of the molecule is CCCCCCCCCCCCC/C=C\CCCCCCCCC(O)C(=O)NC(CO)C(O)/C=C/CC/C=C/CCCCCCCCCCCCC. The van der Waals surface area contributed by atoms with Gasteiger partial charge in [0.2, 0.25) is 5.91 Å². The first-order valence-corrected chi connectivity index (χ1v) is 22.8. The third-order valence-electron chi connectivity index (χ3n) is 10.5. The number of carbonyl (C=O) groups excluding carboxylic acids is 1. The maximum atomic E-state index is 12.5. The number of carbonyl (C=O) groups is 1. The first-order chi connectivity index (χ1) is 25.6. The third-order valence-corrected chi connectivity index (χ3v) is 10.5. The van der Waals surface area contributed by atoms with Crippen molar-refractivity contribution in [2.45, 2.75) is 250 Å². The van der Waals surface area contributed by atoms with Crippen molar-refractivity contribution in [3.8, 4) is 0 Å². The topological polar surface area (TPSA) is 89.8 Å². The van der Waals surface area contributed by atoms with Gasteiger partial charge in [0.25, 0.3) is 0 Å². The van der Waals surface area contributed by atoms with Crippen molar-refractivity contribution < 1.29 is 20.1 Å². The number of nitrogens with one attached hydrogen (secondary N) is 1. The van der Waals surface area contributed by atoms with Gasteiger partial charge >= 0.3 is 0 Å². The van der Waals surface area contributed by atoms with E-state index in [1.165, 1.54) is 173 Å². The van der Waals surface area contributed by atoms with Crippen LogP contribution in [0.5, 0.6) is 0 Å². The monoisotopic (exact) mass is 732 g/mol. The van der Waals surface area contributed by atoms with E-state index in [4.69, 9.17) is 0 Å². The molecule has 1 amide bonds. The highest BCUT2D eigenvalue weighted by Crippen LogP contribution is 2.15. The van der Waals surface area contributed by atoms with Gasteiger partial charge < -0.3 is 20.6 Å². The zero-order valence-corrected chi connectivity index (χ0v) is 34.7. The molecule has 0 aliphatic carbocycles. The molecule has 0 heterocycles.